The van der Waals surface area contributed by atoms with Gasteiger partial charge in [-0.3, -0.25) is 19.5 Å². The molecule has 0 radical (unpaired) electrons. The molecule has 0 unspecified atom stereocenters. The summed E-state index contributed by atoms with van der Waals surface area (Å²) in [5.74, 6) is 1.35. The molecule has 1 aromatic heterocycles. The van der Waals surface area contributed by atoms with Crippen molar-refractivity contribution >= 4 is 18.3 Å². The molecule has 9 heteroatoms. The van der Waals surface area contributed by atoms with Crippen molar-refractivity contribution in [1.29, 1.82) is 0 Å². The van der Waals surface area contributed by atoms with Crippen molar-refractivity contribution in [2.75, 3.05) is 7.11 Å². The van der Waals surface area contributed by atoms with Gasteiger partial charge in [0.25, 0.3) is 12.4 Å². The van der Waals surface area contributed by atoms with Crippen molar-refractivity contribution in [3.63, 3.8) is 0 Å². The number of H-pyrrole nitrogens is 1. The number of carboxylic acid groups (broad SMARTS) is 1. The Labute approximate surface area is 199 Å². The van der Waals surface area contributed by atoms with E-state index in [0.29, 0.717) is 18.0 Å². The molecule has 2 aliphatic rings. The summed E-state index contributed by atoms with van der Waals surface area (Å²) < 4.78 is 5.21. The Morgan fingerprint density at radius 1 is 1.32 bits per heavy atom. The predicted octanol–water partition coefficient (Wildman–Crippen LogP) is 3.24. The molecule has 2 amide bonds. The molecular formula is C25H34N4O5. The van der Waals surface area contributed by atoms with Gasteiger partial charge < -0.3 is 20.1 Å². The number of aromatic amines is 1. The number of hydrogen-bond donors (Lipinski definition) is 3. The van der Waals surface area contributed by atoms with Gasteiger partial charge in [-0.05, 0) is 55.7 Å². The zero-order valence-electron chi connectivity index (χ0n) is 20.0. The Morgan fingerprint density at radius 3 is 2.62 bits per heavy atom. The zero-order chi connectivity index (χ0) is 24.7. The van der Waals surface area contributed by atoms with Crippen molar-refractivity contribution in [2.24, 2.45) is 11.3 Å². The molecule has 9 nitrogen and oxygen atoms in total. The van der Waals surface area contributed by atoms with E-state index in [0.717, 1.165) is 43.4 Å². The third kappa shape index (κ3) is 5.24. The van der Waals surface area contributed by atoms with Crippen LogP contribution in [0.2, 0.25) is 0 Å². The predicted molar refractivity (Wildman–Crippen MR) is 126 cm³/mol. The van der Waals surface area contributed by atoms with E-state index in [4.69, 9.17) is 14.6 Å². The van der Waals surface area contributed by atoms with Crippen LogP contribution >= 0.6 is 0 Å². The molecule has 2 saturated heterocycles. The number of nitrogens with one attached hydrogen (secondary N) is 2. The number of hydrogen-bond acceptors (Lipinski definition) is 5. The molecule has 3 N–H and O–H groups in total. The lowest BCUT2D eigenvalue weighted by atomic mass is 9.69. The first-order valence-electron chi connectivity index (χ1n) is 11.7. The molecule has 4 rings (SSSR count). The van der Waals surface area contributed by atoms with Crippen LogP contribution in [-0.4, -0.2) is 57.7 Å². The third-order valence-electron chi connectivity index (χ3n) is 6.95. The van der Waals surface area contributed by atoms with Gasteiger partial charge in [-0.2, -0.15) is 5.10 Å². The molecule has 34 heavy (non-hydrogen) atoms. The minimum absolute atomic E-state index is 0.0179. The van der Waals surface area contributed by atoms with Crippen LogP contribution < -0.4 is 10.1 Å². The second kappa shape index (κ2) is 11.2. The summed E-state index contributed by atoms with van der Waals surface area (Å²) in [4.78, 5) is 37.1. The second-order valence-corrected chi connectivity index (χ2v) is 9.38. The smallest absolute Gasteiger partial charge is 0.290 e. The molecular weight excluding hydrogens is 436 g/mol. The van der Waals surface area contributed by atoms with Crippen LogP contribution in [0, 0.1) is 11.3 Å². The minimum Gasteiger partial charge on any atom is -0.497 e. The topological polar surface area (TPSA) is 125 Å². The normalized spacial score (nSPS) is 22.8. The summed E-state index contributed by atoms with van der Waals surface area (Å²) in [6, 6.07) is 7.80. The van der Waals surface area contributed by atoms with Gasteiger partial charge in [-0.1, -0.05) is 26.0 Å². The highest BCUT2D eigenvalue weighted by Gasteiger charge is 2.60. The summed E-state index contributed by atoms with van der Waals surface area (Å²) in [7, 11) is 1.64. The maximum absolute atomic E-state index is 13.6. The van der Waals surface area contributed by atoms with Crippen LogP contribution in [0.4, 0.5) is 0 Å². The average Bonchev–Trinajstić information content (AvgIpc) is 3.58. The molecule has 2 aliphatic heterocycles. The summed E-state index contributed by atoms with van der Waals surface area (Å²) in [6.07, 6.45) is 7.55. The van der Waals surface area contributed by atoms with Gasteiger partial charge in [0.15, 0.2) is 0 Å². The van der Waals surface area contributed by atoms with Gasteiger partial charge in [0.05, 0.1) is 24.3 Å². The van der Waals surface area contributed by atoms with Gasteiger partial charge in [-0.25, -0.2) is 0 Å². The Hall–Kier alpha value is -3.36. The van der Waals surface area contributed by atoms with Gasteiger partial charge in [0, 0.05) is 24.8 Å². The fourth-order valence-corrected chi connectivity index (χ4v) is 5.28. The molecule has 3 heterocycles. The number of aromatic nitrogens is 2. The van der Waals surface area contributed by atoms with Crippen molar-refractivity contribution in [2.45, 2.75) is 64.6 Å². The average molecular weight is 471 g/mol. The van der Waals surface area contributed by atoms with Crippen LogP contribution in [0.25, 0.3) is 0 Å². The lowest BCUT2D eigenvalue weighted by molar-refractivity contribution is -0.133. The van der Waals surface area contributed by atoms with Crippen LogP contribution in [0.3, 0.4) is 0 Å². The van der Waals surface area contributed by atoms with Crippen molar-refractivity contribution in [1.82, 2.24) is 20.4 Å². The lowest BCUT2D eigenvalue weighted by Crippen LogP contribution is -2.50. The number of methoxy groups -OCH3 is 1. The van der Waals surface area contributed by atoms with Crippen LogP contribution in [-0.2, 0) is 16.1 Å². The molecule has 3 atom stereocenters. The standard InChI is InChI=1S/C24H32N4O3.CH2O2/c1-16(2)10-11-24(23(30)25-13-17-4-7-20(31-3)8-5-17)12-19-6-9-21(24)28(19)22(29)18-14-26-27-15-18;2-1-3/h4-5,7-8,14-16,19,21H,6,9-13H2,1-3H3,(H,25,30)(H,26,27);1H,(H,2,3)/t19-,21+,24+;/m1./s1. The fourth-order valence-electron chi connectivity index (χ4n) is 5.28. The fraction of sp³-hybridized carbons (Fsp3) is 0.520. The molecule has 184 valence electrons. The molecule has 2 bridgehead atoms. The highest BCUT2D eigenvalue weighted by atomic mass is 16.5. The third-order valence-corrected chi connectivity index (χ3v) is 6.95. The van der Waals surface area contributed by atoms with E-state index < -0.39 is 5.41 Å². The molecule has 0 saturated carbocycles. The number of benzene rings is 1. The Balaban J connectivity index is 0.00000103. The summed E-state index contributed by atoms with van der Waals surface area (Å²) in [6.45, 7) is 4.59. The number of nitrogens with zero attached hydrogens (tertiary/aromatic N) is 2. The maximum Gasteiger partial charge on any atom is 0.290 e. The molecule has 1 aromatic carbocycles. The summed E-state index contributed by atoms with van der Waals surface area (Å²) >= 11 is 0. The second-order valence-electron chi connectivity index (χ2n) is 9.38. The first-order valence-corrected chi connectivity index (χ1v) is 11.7. The van der Waals surface area contributed by atoms with E-state index >= 15 is 0 Å². The van der Waals surface area contributed by atoms with Crippen molar-refractivity contribution < 1.29 is 24.2 Å². The lowest BCUT2D eigenvalue weighted by Gasteiger charge is -2.36. The van der Waals surface area contributed by atoms with Gasteiger partial charge in [0.2, 0.25) is 5.91 Å². The Bertz CT molecular complexity index is 960. The van der Waals surface area contributed by atoms with Crippen LogP contribution in [0.5, 0.6) is 5.75 Å². The first kappa shape index (κ1) is 25.3. The number of ether oxygens (including phenoxy) is 1. The van der Waals surface area contributed by atoms with E-state index in [-0.39, 0.29) is 30.4 Å². The van der Waals surface area contributed by atoms with Gasteiger partial charge in [0.1, 0.15) is 5.75 Å². The SMILES string of the molecule is COc1ccc(CNC(=O)[C@@]2(CCC(C)C)C[C@H]3CC[C@@H]2N3C(=O)c2cn[nH]c2)cc1.O=CO. The van der Waals surface area contributed by atoms with Crippen LogP contribution in [0.1, 0.15) is 61.9 Å². The highest BCUT2D eigenvalue weighted by Crippen LogP contribution is 2.53. The quantitative estimate of drug-likeness (QED) is 0.509. The number of carbonyl (C=O) groups is 3. The number of amides is 2. The summed E-state index contributed by atoms with van der Waals surface area (Å²) in [5.41, 5.74) is 1.07. The highest BCUT2D eigenvalue weighted by molar-refractivity contribution is 5.96. The van der Waals surface area contributed by atoms with Gasteiger partial charge in [-0.15, -0.1) is 0 Å². The first-order chi connectivity index (χ1) is 16.4. The van der Waals surface area contributed by atoms with E-state index in [1.807, 2.05) is 29.2 Å². The Morgan fingerprint density at radius 2 is 2.03 bits per heavy atom. The van der Waals surface area contributed by atoms with Crippen molar-refractivity contribution in [3.8, 4) is 5.75 Å². The zero-order valence-corrected chi connectivity index (χ0v) is 20.0. The van der Waals surface area contributed by atoms with E-state index in [9.17, 15) is 9.59 Å². The summed E-state index contributed by atoms with van der Waals surface area (Å²) in [5, 5.41) is 16.7. The van der Waals surface area contributed by atoms with E-state index in [1.165, 1.54) is 0 Å². The Kier molecular flexibility index (Phi) is 8.31. The van der Waals surface area contributed by atoms with Crippen molar-refractivity contribution in [3.05, 3.63) is 47.8 Å². The number of rotatable bonds is 8. The number of carbonyl (C=O) groups excluding carboxylic acids is 2. The van der Waals surface area contributed by atoms with Crippen LogP contribution in [0.15, 0.2) is 36.7 Å². The molecule has 2 fully saturated rings. The van der Waals surface area contributed by atoms with E-state index in [2.05, 4.69) is 29.4 Å². The minimum atomic E-state index is -0.529. The largest absolute Gasteiger partial charge is 0.497 e. The molecule has 2 aromatic rings. The van der Waals surface area contributed by atoms with E-state index in [1.54, 1.807) is 19.5 Å². The number of fused-ring (bicyclic) bond motifs is 2. The molecule has 0 spiro atoms. The maximum atomic E-state index is 13.6. The van der Waals surface area contributed by atoms with Gasteiger partial charge >= 0.3 is 0 Å². The molecule has 0 aliphatic carbocycles. The monoisotopic (exact) mass is 470 g/mol.